The second-order valence-electron chi connectivity index (χ2n) is 4.54. The first-order valence-electron chi connectivity index (χ1n) is 6.25. The van der Waals surface area contributed by atoms with E-state index in [-0.39, 0.29) is 17.9 Å². The maximum atomic E-state index is 13.7. The summed E-state index contributed by atoms with van der Waals surface area (Å²) < 4.78 is 19.0. The monoisotopic (exact) mass is 291 g/mol. The van der Waals surface area contributed by atoms with Crippen molar-refractivity contribution in [3.8, 4) is 0 Å². The number of fused-ring (bicyclic) bond motifs is 1. The van der Waals surface area contributed by atoms with Crippen LogP contribution in [0.5, 0.6) is 0 Å². The zero-order valence-electron chi connectivity index (χ0n) is 11.4. The van der Waals surface area contributed by atoms with Crippen LogP contribution in [0.1, 0.15) is 16.1 Å². The van der Waals surface area contributed by atoms with Gasteiger partial charge >= 0.3 is 5.97 Å². The third-order valence-corrected chi connectivity index (χ3v) is 3.07. The summed E-state index contributed by atoms with van der Waals surface area (Å²) in [6.07, 6.45) is 1.42. The Balaban J connectivity index is 2.46. The van der Waals surface area contributed by atoms with Gasteiger partial charge in [-0.15, -0.1) is 6.58 Å². The van der Waals surface area contributed by atoms with Crippen LogP contribution in [0.2, 0.25) is 0 Å². The third kappa shape index (κ3) is 2.79. The van der Waals surface area contributed by atoms with E-state index in [1.807, 2.05) is 0 Å². The van der Waals surface area contributed by atoms with Gasteiger partial charge in [-0.25, -0.2) is 4.39 Å². The van der Waals surface area contributed by atoms with Crippen molar-refractivity contribution in [3.63, 3.8) is 0 Å². The van der Waals surface area contributed by atoms with Gasteiger partial charge in [0.2, 0.25) is 0 Å². The van der Waals surface area contributed by atoms with Crippen LogP contribution < -0.4 is 0 Å². The zero-order valence-corrected chi connectivity index (χ0v) is 11.4. The van der Waals surface area contributed by atoms with E-state index in [2.05, 4.69) is 6.58 Å². The van der Waals surface area contributed by atoms with Crippen LogP contribution >= 0.6 is 0 Å². The Morgan fingerprint density at radius 3 is 2.76 bits per heavy atom. The molecule has 1 aromatic carbocycles. The Kier molecular flexibility index (Phi) is 4.07. The van der Waals surface area contributed by atoms with Crippen LogP contribution in [0.4, 0.5) is 4.39 Å². The van der Waals surface area contributed by atoms with Gasteiger partial charge in [0.1, 0.15) is 6.54 Å². The van der Waals surface area contributed by atoms with E-state index < -0.39 is 24.2 Å². The highest BCUT2D eigenvalue weighted by atomic mass is 19.1. The number of benzene rings is 1. The van der Waals surface area contributed by atoms with Crippen molar-refractivity contribution in [1.29, 1.82) is 0 Å². The van der Waals surface area contributed by atoms with E-state index in [4.69, 9.17) is 9.52 Å². The highest BCUT2D eigenvalue weighted by Crippen LogP contribution is 2.28. The molecule has 0 saturated carbocycles. The largest absolute Gasteiger partial charge is 0.480 e. The summed E-state index contributed by atoms with van der Waals surface area (Å²) in [6, 6.07) is 4.40. The maximum Gasteiger partial charge on any atom is 0.323 e. The normalized spacial score (nSPS) is 10.6. The van der Waals surface area contributed by atoms with Crippen LogP contribution in [-0.2, 0) is 4.79 Å². The minimum atomic E-state index is -1.15. The molecule has 0 bridgehead atoms. The van der Waals surface area contributed by atoms with Gasteiger partial charge in [0.25, 0.3) is 5.91 Å². The summed E-state index contributed by atoms with van der Waals surface area (Å²) in [6.45, 7) is 4.69. The molecule has 1 amide bonds. The average Bonchev–Trinajstić information content (AvgIpc) is 2.76. The van der Waals surface area contributed by atoms with Gasteiger partial charge in [-0.2, -0.15) is 0 Å². The molecule has 110 valence electrons. The summed E-state index contributed by atoms with van der Waals surface area (Å²) in [4.78, 5) is 24.3. The van der Waals surface area contributed by atoms with Crippen LogP contribution in [-0.4, -0.2) is 35.0 Å². The molecule has 0 unspecified atom stereocenters. The van der Waals surface area contributed by atoms with E-state index in [0.717, 1.165) is 4.90 Å². The fourth-order valence-electron chi connectivity index (χ4n) is 2.09. The van der Waals surface area contributed by atoms with Gasteiger partial charge in [0.05, 0.1) is 0 Å². The first-order valence-corrected chi connectivity index (χ1v) is 6.25. The summed E-state index contributed by atoms with van der Waals surface area (Å²) >= 11 is 0. The molecular formula is C15H14FNO4. The van der Waals surface area contributed by atoms with E-state index in [1.165, 1.54) is 18.2 Å². The second kappa shape index (κ2) is 5.78. The Bertz CT molecular complexity index is 720. The number of hydrogen-bond donors (Lipinski definition) is 1. The lowest BCUT2D eigenvalue weighted by atomic mass is 10.1. The van der Waals surface area contributed by atoms with Crippen molar-refractivity contribution in [2.24, 2.45) is 0 Å². The highest BCUT2D eigenvalue weighted by Gasteiger charge is 2.25. The average molecular weight is 291 g/mol. The molecule has 0 atom stereocenters. The predicted molar refractivity (Wildman–Crippen MR) is 74.6 cm³/mol. The van der Waals surface area contributed by atoms with Gasteiger partial charge in [0, 0.05) is 17.5 Å². The van der Waals surface area contributed by atoms with Gasteiger partial charge in [-0.05, 0) is 13.0 Å². The minimum Gasteiger partial charge on any atom is -0.480 e. The molecule has 0 saturated heterocycles. The van der Waals surface area contributed by atoms with Crippen LogP contribution in [0, 0.1) is 12.7 Å². The molecule has 1 aromatic heterocycles. The van der Waals surface area contributed by atoms with E-state index in [1.54, 1.807) is 13.0 Å². The van der Waals surface area contributed by atoms with Gasteiger partial charge in [-0.1, -0.05) is 18.2 Å². The number of aliphatic carboxylic acids is 1. The van der Waals surface area contributed by atoms with Crippen molar-refractivity contribution in [2.75, 3.05) is 13.1 Å². The molecule has 0 spiro atoms. The van der Waals surface area contributed by atoms with Gasteiger partial charge < -0.3 is 14.4 Å². The third-order valence-electron chi connectivity index (χ3n) is 3.07. The number of furan rings is 1. The number of halogens is 1. The second-order valence-corrected chi connectivity index (χ2v) is 4.54. The SMILES string of the molecule is C=CCN(CC(=O)O)C(=O)c1oc2c(F)cccc2c1C. The number of para-hydroxylation sites is 1. The summed E-state index contributed by atoms with van der Waals surface area (Å²) in [7, 11) is 0. The molecule has 21 heavy (non-hydrogen) atoms. The van der Waals surface area contributed by atoms with Crippen molar-refractivity contribution >= 4 is 22.8 Å². The van der Waals surface area contributed by atoms with Crippen LogP contribution in [0.15, 0.2) is 35.3 Å². The number of aryl methyl sites for hydroxylation is 1. The lowest BCUT2D eigenvalue weighted by Gasteiger charge is -2.17. The topological polar surface area (TPSA) is 70.8 Å². The highest BCUT2D eigenvalue weighted by molar-refractivity contribution is 6.00. The minimum absolute atomic E-state index is 0.00720. The smallest absolute Gasteiger partial charge is 0.323 e. The summed E-state index contributed by atoms with van der Waals surface area (Å²) in [5.74, 6) is -2.38. The first kappa shape index (κ1) is 14.8. The quantitative estimate of drug-likeness (QED) is 0.860. The van der Waals surface area contributed by atoms with Crippen molar-refractivity contribution in [2.45, 2.75) is 6.92 Å². The molecule has 1 heterocycles. The lowest BCUT2D eigenvalue weighted by molar-refractivity contribution is -0.137. The van der Waals surface area contributed by atoms with E-state index >= 15 is 0 Å². The molecular weight excluding hydrogens is 277 g/mol. The Hall–Kier alpha value is -2.63. The Morgan fingerprint density at radius 2 is 2.19 bits per heavy atom. The molecule has 5 nitrogen and oxygen atoms in total. The molecule has 0 aliphatic carbocycles. The number of nitrogens with zero attached hydrogens (tertiary/aromatic N) is 1. The van der Waals surface area contributed by atoms with Crippen molar-refractivity contribution in [1.82, 2.24) is 4.90 Å². The lowest BCUT2D eigenvalue weighted by Crippen LogP contribution is -2.35. The molecule has 6 heteroatoms. The summed E-state index contributed by atoms with van der Waals surface area (Å²) in [5.41, 5.74) is 0.473. The molecule has 2 aromatic rings. The molecule has 0 radical (unpaired) electrons. The first-order chi connectivity index (χ1) is 9.95. The number of carboxylic acids is 1. The number of carbonyl (C=O) groups is 2. The number of amides is 1. The maximum absolute atomic E-state index is 13.7. The van der Waals surface area contributed by atoms with E-state index in [9.17, 15) is 14.0 Å². The molecule has 0 aliphatic rings. The summed E-state index contributed by atoms with van der Waals surface area (Å²) in [5, 5.41) is 9.33. The molecule has 1 N–H and O–H groups in total. The van der Waals surface area contributed by atoms with Crippen molar-refractivity contribution < 1.29 is 23.5 Å². The number of carboxylic acid groups (broad SMARTS) is 1. The molecule has 0 aliphatic heterocycles. The number of rotatable bonds is 5. The number of hydrogen-bond acceptors (Lipinski definition) is 3. The van der Waals surface area contributed by atoms with E-state index in [0.29, 0.717) is 10.9 Å². The molecule has 2 rings (SSSR count). The van der Waals surface area contributed by atoms with Gasteiger partial charge in [-0.3, -0.25) is 9.59 Å². The van der Waals surface area contributed by atoms with Crippen molar-refractivity contribution in [3.05, 3.63) is 48.0 Å². The fourth-order valence-corrected chi connectivity index (χ4v) is 2.09. The predicted octanol–water partition coefficient (Wildman–Crippen LogP) is 2.59. The van der Waals surface area contributed by atoms with Crippen LogP contribution in [0.25, 0.3) is 11.0 Å². The molecule has 0 fully saturated rings. The Labute approximate surface area is 120 Å². The zero-order chi connectivity index (χ0) is 15.6. The van der Waals surface area contributed by atoms with Gasteiger partial charge in [0.15, 0.2) is 17.2 Å². The standard InChI is InChI=1S/C15H14FNO4/c1-3-7-17(8-12(18)19)15(20)13-9(2)10-5-4-6-11(16)14(10)21-13/h3-6H,1,7-8H2,2H3,(H,18,19). The van der Waals surface area contributed by atoms with Crippen LogP contribution in [0.3, 0.4) is 0 Å². The number of carbonyl (C=O) groups excluding carboxylic acids is 1. The Morgan fingerprint density at radius 1 is 1.48 bits per heavy atom. The fraction of sp³-hybridized carbons (Fsp3) is 0.200.